The molecule has 1 N–H and O–H groups in total. The molecule has 3 heteroatoms. The smallest absolute Gasteiger partial charge is 0.261 e. The van der Waals surface area contributed by atoms with Crippen molar-refractivity contribution in [1.29, 1.82) is 0 Å². The monoisotopic (exact) mass is 370 g/mol. The molecule has 0 amide bonds. The molecule has 0 aliphatic carbocycles. The van der Waals surface area contributed by atoms with Crippen LogP contribution in [-0.4, -0.2) is 26.6 Å². The van der Waals surface area contributed by atoms with Crippen LogP contribution in [-0.2, 0) is 4.43 Å². The fourth-order valence-corrected chi connectivity index (χ4v) is 8.55. The van der Waals surface area contributed by atoms with Gasteiger partial charge in [0, 0.05) is 13.2 Å². The van der Waals surface area contributed by atoms with Gasteiger partial charge in [0.15, 0.2) is 0 Å². The summed E-state index contributed by atoms with van der Waals surface area (Å²) in [6.07, 6.45) is 0.981. The van der Waals surface area contributed by atoms with Crippen LogP contribution >= 0.6 is 0 Å². The van der Waals surface area contributed by atoms with E-state index in [0.29, 0.717) is 11.8 Å². The predicted octanol–water partition coefficient (Wildman–Crippen LogP) is 4.22. The van der Waals surface area contributed by atoms with Crippen molar-refractivity contribution in [3.05, 3.63) is 60.7 Å². The van der Waals surface area contributed by atoms with Gasteiger partial charge in [0.1, 0.15) is 0 Å². The Morgan fingerprint density at radius 1 is 0.846 bits per heavy atom. The van der Waals surface area contributed by atoms with Crippen LogP contribution in [0.1, 0.15) is 41.0 Å². The zero-order valence-electron chi connectivity index (χ0n) is 16.9. The van der Waals surface area contributed by atoms with Crippen LogP contribution in [0.2, 0.25) is 5.04 Å². The standard InChI is InChI=1S/C23H34O2Si/c1-19(17-24)16-20(2)18-25-26(23(3,4)5,21-12-8-6-9-13-21)22-14-10-7-11-15-22/h6-15,19-20,24H,16-18H2,1-5H3/t19?,20-/m0/s1. The summed E-state index contributed by atoms with van der Waals surface area (Å²) in [5, 5.41) is 12.0. The van der Waals surface area contributed by atoms with Gasteiger partial charge in [-0.05, 0) is 33.7 Å². The molecular formula is C23H34O2Si. The van der Waals surface area contributed by atoms with Gasteiger partial charge in [-0.2, -0.15) is 0 Å². The average molecular weight is 371 g/mol. The topological polar surface area (TPSA) is 29.5 Å². The Kier molecular flexibility index (Phi) is 7.21. The SMILES string of the molecule is CC(CO)C[C@H](C)CO[Si](c1ccccc1)(c1ccccc1)C(C)(C)C. The van der Waals surface area contributed by atoms with E-state index < -0.39 is 8.32 Å². The molecule has 0 aliphatic heterocycles. The van der Waals surface area contributed by atoms with Gasteiger partial charge in [0.05, 0.1) is 0 Å². The Labute approximate surface area is 160 Å². The van der Waals surface area contributed by atoms with Gasteiger partial charge in [-0.25, -0.2) is 0 Å². The van der Waals surface area contributed by atoms with Gasteiger partial charge < -0.3 is 9.53 Å². The van der Waals surface area contributed by atoms with E-state index in [9.17, 15) is 5.11 Å². The third-order valence-corrected chi connectivity index (χ3v) is 10.1. The molecule has 26 heavy (non-hydrogen) atoms. The van der Waals surface area contributed by atoms with Crippen molar-refractivity contribution in [3.63, 3.8) is 0 Å². The molecule has 0 saturated carbocycles. The van der Waals surface area contributed by atoms with E-state index in [0.717, 1.165) is 13.0 Å². The summed E-state index contributed by atoms with van der Waals surface area (Å²) >= 11 is 0. The molecule has 0 aliphatic rings. The van der Waals surface area contributed by atoms with Crippen molar-refractivity contribution in [2.24, 2.45) is 11.8 Å². The maximum Gasteiger partial charge on any atom is 0.261 e. The van der Waals surface area contributed by atoms with Crippen LogP contribution in [0.4, 0.5) is 0 Å². The van der Waals surface area contributed by atoms with Crippen molar-refractivity contribution < 1.29 is 9.53 Å². The second-order valence-electron chi connectivity index (χ2n) is 8.60. The molecule has 0 fully saturated rings. The van der Waals surface area contributed by atoms with Crippen LogP contribution in [0.15, 0.2) is 60.7 Å². The van der Waals surface area contributed by atoms with E-state index in [4.69, 9.17) is 4.43 Å². The highest BCUT2D eigenvalue weighted by molar-refractivity contribution is 6.99. The third-order valence-electron chi connectivity index (χ3n) is 5.12. The summed E-state index contributed by atoms with van der Waals surface area (Å²) in [4.78, 5) is 0. The maximum absolute atomic E-state index is 9.36. The van der Waals surface area contributed by atoms with Crippen LogP contribution in [0, 0.1) is 11.8 Å². The summed E-state index contributed by atoms with van der Waals surface area (Å²) in [7, 11) is -2.44. The Balaban J connectivity index is 2.44. The Bertz CT molecular complexity index is 609. The van der Waals surface area contributed by atoms with Crippen LogP contribution in [0.25, 0.3) is 0 Å². The average Bonchev–Trinajstić information content (AvgIpc) is 2.62. The highest BCUT2D eigenvalue weighted by Crippen LogP contribution is 2.37. The second kappa shape index (κ2) is 8.98. The molecule has 1 unspecified atom stereocenters. The van der Waals surface area contributed by atoms with E-state index >= 15 is 0 Å². The minimum Gasteiger partial charge on any atom is -0.407 e. The Hall–Kier alpha value is -1.42. The van der Waals surface area contributed by atoms with Crippen LogP contribution < -0.4 is 10.4 Å². The fraction of sp³-hybridized carbons (Fsp3) is 0.478. The van der Waals surface area contributed by atoms with Gasteiger partial charge in [0.25, 0.3) is 8.32 Å². The molecule has 2 aromatic carbocycles. The Morgan fingerprint density at radius 2 is 1.31 bits per heavy atom. The summed E-state index contributed by atoms with van der Waals surface area (Å²) in [5.41, 5.74) is 0. The van der Waals surface area contributed by atoms with E-state index in [1.807, 2.05) is 0 Å². The minimum atomic E-state index is -2.44. The summed E-state index contributed by atoms with van der Waals surface area (Å²) in [5.74, 6) is 0.728. The lowest BCUT2D eigenvalue weighted by Crippen LogP contribution is -2.66. The van der Waals surface area contributed by atoms with Gasteiger partial charge in [-0.3, -0.25) is 0 Å². The van der Waals surface area contributed by atoms with E-state index in [1.165, 1.54) is 10.4 Å². The molecule has 0 radical (unpaired) electrons. The molecule has 0 heterocycles. The van der Waals surface area contributed by atoms with Crippen molar-refractivity contribution in [2.75, 3.05) is 13.2 Å². The zero-order valence-corrected chi connectivity index (χ0v) is 17.9. The number of hydrogen-bond acceptors (Lipinski definition) is 2. The molecular weight excluding hydrogens is 336 g/mol. The first-order chi connectivity index (χ1) is 12.3. The van der Waals surface area contributed by atoms with Gasteiger partial charge in [-0.15, -0.1) is 0 Å². The summed E-state index contributed by atoms with van der Waals surface area (Å²) in [6.45, 7) is 12.2. The molecule has 0 spiro atoms. The molecule has 0 saturated heterocycles. The summed E-state index contributed by atoms with van der Waals surface area (Å²) in [6, 6.07) is 21.5. The maximum atomic E-state index is 9.36. The number of aliphatic hydroxyl groups excluding tert-OH is 1. The van der Waals surface area contributed by atoms with E-state index in [2.05, 4.69) is 95.3 Å². The zero-order chi connectivity index (χ0) is 19.2. The lowest BCUT2D eigenvalue weighted by Gasteiger charge is -2.43. The van der Waals surface area contributed by atoms with Crippen molar-refractivity contribution in [3.8, 4) is 0 Å². The molecule has 0 bridgehead atoms. The normalized spacial score (nSPS) is 14.8. The number of hydrogen-bond donors (Lipinski definition) is 1. The van der Waals surface area contributed by atoms with Gasteiger partial charge in [-0.1, -0.05) is 95.3 Å². The van der Waals surface area contributed by atoms with Gasteiger partial charge in [0.2, 0.25) is 0 Å². The van der Waals surface area contributed by atoms with Crippen LogP contribution in [0.5, 0.6) is 0 Å². The Morgan fingerprint density at radius 3 is 1.69 bits per heavy atom. The molecule has 2 nitrogen and oxygen atoms in total. The predicted molar refractivity (Wildman–Crippen MR) is 114 cm³/mol. The largest absolute Gasteiger partial charge is 0.407 e. The number of rotatable bonds is 8. The van der Waals surface area contributed by atoms with Crippen molar-refractivity contribution in [1.82, 2.24) is 0 Å². The first kappa shape index (κ1) is 20.9. The lowest BCUT2D eigenvalue weighted by molar-refractivity contribution is 0.181. The van der Waals surface area contributed by atoms with Gasteiger partial charge >= 0.3 is 0 Å². The van der Waals surface area contributed by atoms with E-state index in [-0.39, 0.29) is 11.6 Å². The lowest BCUT2D eigenvalue weighted by atomic mass is 9.99. The fourth-order valence-electron chi connectivity index (χ4n) is 3.86. The van der Waals surface area contributed by atoms with E-state index in [1.54, 1.807) is 0 Å². The molecule has 2 atom stereocenters. The molecule has 2 rings (SSSR count). The van der Waals surface area contributed by atoms with Crippen molar-refractivity contribution >= 4 is 18.7 Å². The highest BCUT2D eigenvalue weighted by atomic mass is 28.4. The number of aliphatic hydroxyl groups is 1. The highest BCUT2D eigenvalue weighted by Gasteiger charge is 2.50. The summed E-state index contributed by atoms with van der Waals surface area (Å²) < 4.78 is 6.93. The third kappa shape index (κ3) is 4.64. The minimum absolute atomic E-state index is 0.0119. The number of benzene rings is 2. The molecule has 2 aromatic rings. The first-order valence-corrected chi connectivity index (χ1v) is 11.6. The second-order valence-corrected chi connectivity index (χ2v) is 12.9. The van der Waals surface area contributed by atoms with Crippen LogP contribution in [0.3, 0.4) is 0 Å². The molecule has 0 aromatic heterocycles. The first-order valence-electron chi connectivity index (χ1n) is 9.67. The quantitative estimate of drug-likeness (QED) is 0.705. The van der Waals surface area contributed by atoms with Crippen molar-refractivity contribution in [2.45, 2.75) is 46.1 Å². The molecule has 142 valence electrons.